The molecule has 0 spiro atoms. The van der Waals surface area contributed by atoms with Crippen molar-refractivity contribution in [2.75, 3.05) is 19.5 Å². The van der Waals surface area contributed by atoms with Crippen LogP contribution < -0.4 is 20.1 Å². The number of methoxy groups -OCH3 is 1. The maximum absolute atomic E-state index is 11.5. The molecule has 5 rings (SSSR count). The van der Waals surface area contributed by atoms with Crippen LogP contribution in [0.3, 0.4) is 0 Å². The zero-order chi connectivity index (χ0) is 24.6. The fourth-order valence-corrected chi connectivity index (χ4v) is 4.47. The van der Waals surface area contributed by atoms with E-state index in [1.165, 1.54) is 6.20 Å². The lowest BCUT2D eigenvalue weighted by Gasteiger charge is -2.34. The molecule has 12 nitrogen and oxygen atoms in total. The van der Waals surface area contributed by atoms with Crippen LogP contribution in [0.1, 0.15) is 18.5 Å². The summed E-state index contributed by atoms with van der Waals surface area (Å²) < 4.78 is 13.8. The Morgan fingerprint density at radius 3 is 3.00 bits per heavy atom. The molecule has 1 aliphatic rings. The van der Waals surface area contributed by atoms with Gasteiger partial charge in [0, 0.05) is 30.4 Å². The molecule has 3 N–H and O–H groups in total. The second-order valence-electron chi connectivity index (χ2n) is 8.31. The standard InChI is InChI=1S/C23H23N7O5/c1-34-17-6-4-5-15-19(25-21(24)26-20(15)17)16-13-29(28-27-16)12-14-11-23(33,8-10-35-14)18-7-2-3-9-30(18)22(31)32/h2-7,9,13-14,33H,8,10-12H2,1H3,(H2-,24,25,26,31,32). The fraction of sp³-hybridized carbons (Fsp3) is 0.304. The molecule has 0 amide bonds. The second kappa shape index (κ2) is 8.89. The van der Waals surface area contributed by atoms with Crippen molar-refractivity contribution in [1.29, 1.82) is 0 Å². The zero-order valence-electron chi connectivity index (χ0n) is 18.9. The van der Waals surface area contributed by atoms with Crippen LogP contribution in [0.25, 0.3) is 22.3 Å². The van der Waals surface area contributed by atoms with Gasteiger partial charge in [0.1, 0.15) is 22.7 Å². The molecule has 12 heteroatoms. The molecule has 4 aromatic rings. The number of ether oxygens (including phenoxy) is 2. The molecule has 2 unspecified atom stereocenters. The summed E-state index contributed by atoms with van der Waals surface area (Å²) in [6, 6.07) is 10.3. The smallest absolute Gasteiger partial charge is 0.343 e. The van der Waals surface area contributed by atoms with Crippen molar-refractivity contribution in [3.63, 3.8) is 0 Å². The van der Waals surface area contributed by atoms with E-state index in [1.54, 1.807) is 42.3 Å². The third-order valence-corrected chi connectivity index (χ3v) is 6.07. The molecule has 1 fully saturated rings. The minimum absolute atomic E-state index is 0.0799. The minimum atomic E-state index is -1.41. The third kappa shape index (κ3) is 4.24. The van der Waals surface area contributed by atoms with Crippen LogP contribution in [0.4, 0.5) is 10.7 Å². The highest BCUT2D eigenvalue weighted by Gasteiger charge is 2.43. The van der Waals surface area contributed by atoms with Gasteiger partial charge in [0.25, 0.3) is 0 Å². The maximum Gasteiger partial charge on any atom is 0.343 e. The summed E-state index contributed by atoms with van der Waals surface area (Å²) in [5.41, 5.74) is 6.34. The Morgan fingerprint density at radius 2 is 2.20 bits per heavy atom. The summed E-state index contributed by atoms with van der Waals surface area (Å²) in [6.07, 6.45) is 1.62. The predicted molar refractivity (Wildman–Crippen MR) is 120 cm³/mol. The number of carbonyl (C=O) groups excluding carboxylic acids is 1. The van der Waals surface area contributed by atoms with E-state index >= 15 is 0 Å². The number of carbonyl (C=O) groups is 1. The number of rotatable bonds is 5. The number of fused-ring (bicyclic) bond motifs is 1. The number of anilines is 1. The molecule has 4 heterocycles. The first-order valence-corrected chi connectivity index (χ1v) is 11.0. The molecule has 0 aliphatic carbocycles. The van der Waals surface area contributed by atoms with E-state index in [1.807, 2.05) is 12.1 Å². The lowest BCUT2D eigenvalue weighted by Crippen LogP contribution is -2.59. The number of hydrogen-bond acceptors (Lipinski definition) is 10. The summed E-state index contributed by atoms with van der Waals surface area (Å²) >= 11 is 0. The highest BCUT2D eigenvalue weighted by atomic mass is 16.5. The predicted octanol–water partition coefficient (Wildman–Crippen LogP) is 0.0248. The van der Waals surface area contributed by atoms with Crippen LogP contribution in [0.2, 0.25) is 0 Å². The summed E-state index contributed by atoms with van der Waals surface area (Å²) in [5.74, 6) is 0.645. The Labute approximate surface area is 199 Å². The number of aromatic nitrogens is 6. The van der Waals surface area contributed by atoms with Crippen LogP contribution >= 0.6 is 0 Å². The largest absolute Gasteiger partial charge is 0.494 e. The SMILES string of the molecule is COc1cccc2c(-c3cn(CC4CC(O)(c5cccc[n+]5C(=O)[O-])CCO4)nn3)nc(N)nc12. The number of para-hydroxylation sites is 1. The monoisotopic (exact) mass is 477 g/mol. The second-order valence-corrected chi connectivity index (χ2v) is 8.31. The van der Waals surface area contributed by atoms with Crippen LogP contribution in [-0.2, 0) is 16.9 Å². The Morgan fingerprint density at radius 1 is 1.34 bits per heavy atom. The van der Waals surface area contributed by atoms with Crippen molar-refractivity contribution in [1.82, 2.24) is 25.0 Å². The molecular weight excluding hydrogens is 454 g/mol. The summed E-state index contributed by atoms with van der Waals surface area (Å²) in [7, 11) is 1.55. The number of nitrogens with zero attached hydrogens (tertiary/aromatic N) is 6. The van der Waals surface area contributed by atoms with E-state index in [9.17, 15) is 15.0 Å². The molecule has 180 valence electrons. The summed E-state index contributed by atoms with van der Waals surface area (Å²) in [6.45, 7) is 0.535. The highest BCUT2D eigenvalue weighted by Crippen LogP contribution is 2.34. The number of carboxylic acid groups (broad SMARTS) is 1. The molecule has 3 aromatic heterocycles. The first-order valence-electron chi connectivity index (χ1n) is 11.0. The number of aliphatic hydroxyl groups is 1. The van der Waals surface area contributed by atoms with Crippen molar-refractivity contribution >= 4 is 22.9 Å². The van der Waals surface area contributed by atoms with Gasteiger partial charge < -0.3 is 30.2 Å². The van der Waals surface area contributed by atoms with E-state index in [0.29, 0.717) is 28.0 Å². The fourth-order valence-electron chi connectivity index (χ4n) is 4.47. The van der Waals surface area contributed by atoms with Crippen molar-refractivity contribution in [2.45, 2.75) is 31.1 Å². The highest BCUT2D eigenvalue weighted by molar-refractivity contribution is 5.95. The van der Waals surface area contributed by atoms with Gasteiger partial charge in [-0.2, -0.15) is 0 Å². The molecule has 0 saturated carbocycles. The van der Waals surface area contributed by atoms with Gasteiger partial charge in [-0.1, -0.05) is 17.3 Å². The van der Waals surface area contributed by atoms with Crippen LogP contribution in [-0.4, -0.2) is 56.0 Å². The van der Waals surface area contributed by atoms with Crippen molar-refractivity contribution in [3.8, 4) is 17.1 Å². The van der Waals surface area contributed by atoms with Crippen molar-refractivity contribution in [3.05, 3.63) is 54.5 Å². The van der Waals surface area contributed by atoms with Gasteiger partial charge in [0.05, 0.1) is 32.6 Å². The minimum Gasteiger partial charge on any atom is -0.494 e. The Bertz CT molecular complexity index is 1410. The summed E-state index contributed by atoms with van der Waals surface area (Å²) in [5, 5.41) is 32.0. The molecule has 2 atom stereocenters. The van der Waals surface area contributed by atoms with Crippen LogP contribution in [0.5, 0.6) is 5.75 Å². The third-order valence-electron chi connectivity index (χ3n) is 6.07. The van der Waals surface area contributed by atoms with E-state index in [4.69, 9.17) is 15.2 Å². The van der Waals surface area contributed by atoms with Gasteiger partial charge in [-0.3, -0.25) is 0 Å². The first-order chi connectivity index (χ1) is 16.9. The first kappa shape index (κ1) is 22.6. The molecule has 1 aromatic carbocycles. The van der Waals surface area contributed by atoms with Crippen LogP contribution in [0.15, 0.2) is 48.8 Å². The molecular formula is C23H23N7O5. The molecule has 0 bridgehead atoms. The number of nitrogens with two attached hydrogens (primary N) is 1. The quantitative estimate of drug-likeness (QED) is 0.374. The van der Waals surface area contributed by atoms with Gasteiger partial charge in [-0.15, -0.1) is 9.67 Å². The number of nitrogen functional groups attached to an aromatic ring is 1. The Kier molecular flexibility index (Phi) is 5.75. The van der Waals surface area contributed by atoms with Gasteiger partial charge in [-0.25, -0.2) is 14.6 Å². The lowest BCUT2D eigenvalue weighted by molar-refractivity contribution is -0.645. The van der Waals surface area contributed by atoms with Gasteiger partial charge >= 0.3 is 6.09 Å². The Balaban J connectivity index is 1.41. The molecule has 1 aliphatic heterocycles. The van der Waals surface area contributed by atoms with Gasteiger partial charge in [0.15, 0.2) is 11.8 Å². The number of benzene rings is 1. The van der Waals surface area contributed by atoms with Crippen LogP contribution in [0, 0.1) is 0 Å². The molecule has 1 saturated heterocycles. The zero-order valence-corrected chi connectivity index (χ0v) is 18.9. The van der Waals surface area contributed by atoms with E-state index < -0.39 is 17.8 Å². The lowest BCUT2D eigenvalue weighted by atomic mass is 9.86. The Hall–Kier alpha value is -4.16. The maximum atomic E-state index is 11.5. The number of pyridine rings is 1. The average Bonchev–Trinajstić information content (AvgIpc) is 3.31. The van der Waals surface area contributed by atoms with Crippen molar-refractivity contribution < 1.29 is 29.0 Å². The molecule has 35 heavy (non-hydrogen) atoms. The van der Waals surface area contributed by atoms with Gasteiger partial charge in [-0.05, 0) is 12.1 Å². The normalized spacial score (nSPS) is 20.1. The topological polar surface area (TPSA) is 165 Å². The van der Waals surface area contributed by atoms with E-state index in [2.05, 4.69) is 20.3 Å². The van der Waals surface area contributed by atoms with E-state index in [0.717, 1.165) is 4.57 Å². The summed E-state index contributed by atoms with van der Waals surface area (Å²) in [4.78, 5) is 20.2. The van der Waals surface area contributed by atoms with Gasteiger partial charge in [0.2, 0.25) is 11.6 Å². The average molecular weight is 477 g/mol. The van der Waals surface area contributed by atoms with E-state index in [-0.39, 0.29) is 37.6 Å². The molecule has 0 radical (unpaired) electrons. The number of hydrogen-bond donors (Lipinski definition) is 2. The van der Waals surface area contributed by atoms with Crippen molar-refractivity contribution in [2.24, 2.45) is 0 Å².